The molecule has 0 spiro atoms. The normalized spacial score (nSPS) is 11.6. The van der Waals surface area contributed by atoms with Crippen molar-refractivity contribution >= 4 is 27.2 Å². The molecule has 0 unspecified atom stereocenters. The first-order valence-electron chi connectivity index (χ1n) is 5.87. The Hall–Kier alpha value is -2.47. The lowest BCUT2D eigenvalue weighted by molar-refractivity contribution is 0.112. The van der Waals surface area contributed by atoms with E-state index in [9.17, 15) is 13.2 Å². The van der Waals surface area contributed by atoms with Gasteiger partial charge in [0.1, 0.15) is 0 Å². The van der Waals surface area contributed by atoms with Gasteiger partial charge in [0.05, 0.1) is 16.6 Å². The van der Waals surface area contributed by atoms with E-state index in [0.717, 1.165) is 4.09 Å². The lowest BCUT2D eigenvalue weighted by atomic mass is 10.1. The van der Waals surface area contributed by atoms with Crippen LogP contribution in [0.3, 0.4) is 0 Å². The molecule has 3 rings (SSSR count). The van der Waals surface area contributed by atoms with Gasteiger partial charge < -0.3 is 0 Å². The number of carbonyl (C=O) groups is 1. The second kappa shape index (κ2) is 4.57. The van der Waals surface area contributed by atoms with Gasteiger partial charge >= 0.3 is 0 Å². The summed E-state index contributed by atoms with van der Waals surface area (Å²) in [5.41, 5.74) is 0.801. The molecule has 20 heavy (non-hydrogen) atoms. The van der Waals surface area contributed by atoms with Gasteiger partial charge in [-0.15, -0.1) is 0 Å². The summed E-state index contributed by atoms with van der Waals surface area (Å²) in [6.45, 7) is 0. The van der Waals surface area contributed by atoms with Crippen molar-refractivity contribution in [3.8, 4) is 0 Å². The largest absolute Gasteiger partial charge is 0.298 e. The number of benzene rings is 2. The third kappa shape index (κ3) is 1.81. The molecule has 0 atom stereocenters. The van der Waals surface area contributed by atoms with Gasteiger partial charge in [-0.1, -0.05) is 30.3 Å². The average molecular weight is 286 g/mol. The Morgan fingerprint density at radius 2 is 1.75 bits per heavy atom. The fourth-order valence-corrected chi connectivity index (χ4v) is 3.33. The predicted molar refractivity (Wildman–Crippen MR) is 74.1 cm³/mol. The van der Waals surface area contributed by atoms with Crippen molar-refractivity contribution in [1.29, 1.82) is 0 Å². The van der Waals surface area contributed by atoms with Crippen molar-refractivity contribution < 1.29 is 13.2 Å². The molecule has 6 heteroatoms. The topological polar surface area (TPSA) is 69.0 Å². The van der Waals surface area contributed by atoms with Crippen LogP contribution in [0.5, 0.6) is 0 Å². The molecule has 0 aliphatic rings. The zero-order valence-corrected chi connectivity index (χ0v) is 11.1. The smallest absolute Gasteiger partial charge is 0.283 e. The molecular weight excluding hydrogens is 276 g/mol. The Labute approximate surface area is 115 Å². The highest BCUT2D eigenvalue weighted by Crippen LogP contribution is 2.21. The standard InChI is InChI=1S/C14H10N2O3S/c17-10-11-5-4-8-14-13(11)9-15-16(14)20(18,19)12-6-2-1-3-7-12/h1-10H. The molecule has 5 nitrogen and oxygen atoms in total. The first kappa shape index (κ1) is 12.6. The molecule has 0 radical (unpaired) electrons. The molecule has 0 saturated heterocycles. The van der Waals surface area contributed by atoms with E-state index >= 15 is 0 Å². The predicted octanol–water partition coefficient (Wildman–Crippen LogP) is 2.09. The van der Waals surface area contributed by atoms with E-state index < -0.39 is 10.0 Å². The van der Waals surface area contributed by atoms with E-state index in [-0.39, 0.29) is 4.90 Å². The van der Waals surface area contributed by atoms with Crippen LogP contribution in [0.4, 0.5) is 0 Å². The summed E-state index contributed by atoms with van der Waals surface area (Å²) in [6, 6.07) is 12.9. The number of hydrogen-bond acceptors (Lipinski definition) is 4. The van der Waals surface area contributed by atoms with Crippen LogP contribution in [0.25, 0.3) is 10.9 Å². The van der Waals surface area contributed by atoms with E-state index in [1.807, 2.05) is 0 Å². The molecule has 100 valence electrons. The van der Waals surface area contributed by atoms with Gasteiger partial charge in [0.25, 0.3) is 10.0 Å². The Balaban J connectivity index is 2.29. The molecule has 0 aliphatic carbocycles. The highest BCUT2D eigenvalue weighted by atomic mass is 32.2. The van der Waals surface area contributed by atoms with Gasteiger partial charge in [-0.25, -0.2) is 0 Å². The number of hydrogen-bond donors (Lipinski definition) is 0. The number of rotatable bonds is 3. The third-order valence-electron chi connectivity index (χ3n) is 3.01. The van der Waals surface area contributed by atoms with Crippen LogP contribution < -0.4 is 0 Å². The summed E-state index contributed by atoms with van der Waals surface area (Å²) in [5.74, 6) is 0. The number of aldehydes is 1. The van der Waals surface area contributed by atoms with Crippen LogP contribution in [-0.4, -0.2) is 23.9 Å². The van der Waals surface area contributed by atoms with Gasteiger partial charge in [-0.2, -0.15) is 17.6 Å². The monoisotopic (exact) mass is 286 g/mol. The van der Waals surface area contributed by atoms with Crippen LogP contribution in [0.15, 0.2) is 59.6 Å². The maximum Gasteiger partial charge on any atom is 0.283 e. The van der Waals surface area contributed by atoms with E-state index in [1.54, 1.807) is 36.4 Å². The summed E-state index contributed by atoms with van der Waals surface area (Å²) in [4.78, 5) is 11.1. The van der Waals surface area contributed by atoms with E-state index in [2.05, 4.69) is 5.10 Å². The summed E-state index contributed by atoms with van der Waals surface area (Å²) < 4.78 is 26.0. The molecule has 0 bridgehead atoms. The molecular formula is C14H10N2O3S. The molecule has 3 aromatic rings. The summed E-state index contributed by atoms with van der Waals surface area (Å²) in [7, 11) is -3.76. The summed E-state index contributed by atoms with van der Waals surface area (Å²) >= 11 is 0. The average Bonchev–Trinajstić information content (AvgIpc) is 2.92. The van der Waals surface area contributed by atoms with Gasteiger partial charge in [-0.05, 0) is 18.2 Å². The first-order valence-corrected chi connectivity index (χ1v) is 7.31. The first-order chi connectivity index (χ1) is 9.64. The molecule has 1 heterocycles. The van der Waals surface area contributed by atoms with Gasteiger partial charge in [-0.3, -0.25) is 4.79 Å². The van der Waals surface area contributed by atoms with Crippen molar-refractivity contribution in [2.75, 3.05) is 0 Å². The fourth-order valence-electron chi connectivity index (χ4n) is 2.04. The highest BCUT2D eigenvalue weighted by Gasteiger charge is 2.20. The Kier molecular flexibility index (Phi) is 2.87. The molecule has 0 N–H and O–H groups in total. The number of carbonyl (C=O) groups excluding carboxylic acids is 1. The number of fused-ring (bicyclic) bond motifs is 1. The van der Waals surface area contributed by atoms with Gasteiger partial charge in [0, 0.05) is 10.9 Å². The summed E-state index contributed by atoms with van der Waals surface area (Å²) in [6.07, 6.45) is 2.07. The second-order valence-electron chi connectivity index (χ2n) is 4.20. The van der Waals surface area contributed by atoms with Crippen LogP contribution in [0.1, 0.15) is 10.4 Å². The van der Waals surface area contributed by atoms with Crippen molar-refractivity contribution in [3.63, 3.8) is 0 Å². The second-order valence-corrected chi connectivity index (χ2v) is 5.97. The van der Waals surface area contributed by atoms with Crippen LogP contribution >= 0.6 is 0 Å². The quantitative estimate of drug-likeness (QED) is 0.691. The minimum atomic E-state index is -3.76. The van der Waals surface area contributed by atoms with Gasteiger partial charge in [0.15, 0.2) is 6.29 Å². The lowest BCUT2D eigenvalue weighted by Crippen LogP contribution is -2.14. The molecule has 0 saturated carbocycles. The van der Waals surface area contributed by atoms with Crippen molar-refractivity contribution in [2.24, 2.45) is 0 Å². The van der Waals surface area contributed by atoms with Crippen LogP contribution in [0.2, 0.25) is 0 Å². The zero-order valence-electron chi connectivity index (χ0n) is 10.3. The zero-order chi connectivity index (χ0) is 14.2. The minimum absolute atomic E-state index is 0.154. The van der Waals surface area contributed by atoms with Crippen LogP contribution in [0, 0.1) is 0 Å². The highest BCUT2D eigenvalue weighted by molar-refractivity contribution is 7.90. The molecule has 0 amide bonds. The Morgan fingerprint density at radius 3 is 2.45 bits per heavy atom. The maximum atomic E-state index is 12.5. The SMILES string of the molecule is O=Cc1cccc2c1cnn2S(=O)(=O)c1ccccc1. The van der Waals surface area contributed by atoms with E-state index in [1.165, 1.54) is 18.3 Å². The van der Waals surface area contributed by atoms with Crippen molar-refractivity contribution in [2.45, 2.75) is 4.90 Å². The molecule has 0 aliphatic heterocycles. The molecule has 1 aromatic heterocycles. The Bertz CT molecular complexity index is 883. The van der Waals surface area contributed by atoms with Gasteiger partial charge in [0.2, 0.25) is 0 Å². The maximum absolute atomic E-state index is 12.5. The Morgan fingerprint density at radius 1 is 1.00 bits per heavy atom. The molecule has 0 fully saturated rings. The van der Waals surface area contributed by atoms with Crippen LogP contribution in [-0.2, 0) is 10.0 Å². The van der Waals surface area contributed by atoms with E-state index in [0.29, 0.717) is 22.8 Å². The van der Waals surface area contributed by atoms with Crippen molar-refractivity contribution in [1.82, 2.24) is 9.19 Å². The summed E-state index contributed by atoms with van der Waals surface area (Å²) in [5, 5.41) is 4.44. The third-order valence-corrected chi connectivity index (χ3v) is 4.62. The number of aromatic nitrogens is 2. The molecule has 2 aromatic carbocycles. The fraction of sp³-hybridized carbons (Fsp3) is 0. The lowest BCUT2D eigenvalue weighted by Gasteiger charge is -2.05. The number of nitrogens with zero attached hydrogens (tertiary/aromatic N) is 2. The van der Waals surface area contributed by atoms with E-state index in [4.69, 9.17) is 0 Å². The minimum Gasteiger partial charge on any atom is -0.298 e. The van der Waals surface area contributed by atoms with Crippen molar-refractivity contribution in [3.05, 3.63) is 60.3 Å².